The number of ether oxygens (including phenoxy) is 2. The molecule has 0 heterocycles. The Bertz CT molecular complexity index is 1660. The second kappa shape index (κ2) is 14.4. The second-order valence-electron chi connectivity index (χ2n) is 12.0. The molecule has 250 valence electrons. The fraction of sp³-hybridized carbons (Fsp3) is 0.351. The van der Waals surface area contributed by atoms with Crippen LogP contribution >= 0.6 is 0 Å². The highest BCUT2D eigenvalue weighted by Gasteiger charge is 2.38. The second-order valence-corrected chi connectivity index (χ2v) is 12.0. The molecule has 0 N–H and O–H groups in total. The molecule has 10 heteroatoms. The maximum atomic E-state index is 15.1. The summed E-state index contributed by atoms with van der Waals surface area (Å²) in [6.45, 7) is 2.18. The Morgan fingerprint density at radius 2 is 1.30 bits per heavy atom. The summed E-state index contributed by atoms with van der Waals surface area (Å²) in [5.41, 5.74) is 0.534. The fourth-order valence-corrected chi connectivity index (χ4v) is 6.21. The number of hydrogen-bond acceptors (Lipinski definition) is 2. The van der Waals surface area contributed by atoms with Gasteiger partial charge in [0.25, 0.3) is 0 Å². The van der Waals surface area contributed by atoms with E-state index in [1.807, 2.05) is 0 Å². The summed E-state index contributed by atoms with van der Waals surface area (Å²) < 4.78 is 120. The SMILES string of the molecule is CCCCCC1CCC(c2ccc(C(F)(F)Oc3ccc(-c4ccc(-c5ccc(OC(F)(F)F)c(F)c5)c(F)c4)cc3)c(F)c2)CC1. The smallest absolute Gasteiger partial charge is 0.429 e. The lowest BCUT2D eigenvalue weighted by molar-refractivity contribution is -0.275. The Hall–Kier alpha value is -4.08. The van der Waals surface area contributed by atoms with Gasteiger partial charge in [-0.3, -0.25) is 0 Å². The van der Waals surface area contributed by atoms with Crippen LogP contribution in [0.4, 0.5) is 35.1 Å². The van der Waals surface area contributed by atoms with Crippen molar-refractivity contribution in [3.8, 4) is 33.8 Å². The lowest BCUT2D eigenvalue weighted by atomic mass is 9.77. The molecule has 1 aliphatic carbocycles. The largest absolute Gasteiger partial charge is 0.573 e. The highest BCUT2D eigenvalue weighted by Crippen LogP contribution is 2.40. The quantitative estimate of drug-likeness (QED) is 0.118. The van der Waals surface area contributed by atoms with Gasteiger partial charge in [0.05, 0.1) is 5.56 Å². The van der Waals surface area contributed by atoms with Gasteiger partial charge in [-0.25, -0.2) is 13.2 Å². The first kappa shape index (κ1) is 34.3. The van der Waals surface area contributed by atoms with E-state index in [1.165, 1.54) is 68.1 Å². The van der Waals surface area contributed by atoms with E-state index in [0.29, 0.717) is 22.6 Å². The average Bonchev–Trinajstić information content (AvgIpc) is 3.02. The Morgan fingerprint density at radius 3 is 1.91 bits per heavy atom. The molecular formula is C37H34F8O2. The molecule has 0 aliphatic heterocycles. The monoisotopic (exact) mass is 662 g/mol. The fourth-order valence-electron chi connectivity index (χ4n) is 6.21. The molecule has 0 aromatic heterocycles. The predicted molar refractivity (Wildman–Crippen MR) is 164 cm³/mol. The molecule has 0 radical (unpaired) electrons. The summed E-state index contributed by atoms with van der Waals surface area (Å²) in [7, 11) is 0. The lowest BCUT2D eigenvalue weighted by Gasteiger charge is -2.29. The van der Waals surface area contributed by atoms with Gasteiger partial charge in [-0.2, -0.15) is 8.78 Å². The summed E-state index contributed by atoms with van der Waals surface area (Å²) in [6.07, 6.45) is -0.278. The molecule has 4 aromatic carbocycles. The number of unbranched alkanes of at least 4 members (excludes halogenated alkanes) is 2. The lowest BCUT2D eigenvalue weighted by Crippen LogP contribution is -2.23. The van der Waals surface area contributed by atoms with Crippen LogP contribution in [0.3, 0.4) is 0 Å². The Morgan fingerprint density at radius 1 is 0.638 bits per heavy atom. The topological polar surface area (TPSA) is 18.5 Å². The molecule has 0 atom stereocenters. The van der Waals surface area contributed by atoms with Gasteiger partial charge in [0, 0.05) is 5.56 Å². The molecule has 47 heavy (non-hydrogen) atoms. The highest BCUT2D eigenvalue weighted by atomic mass is 19.4. The minimum Gasteiger partial charge on any atom is -0.429 e. The van der Waals surface area contributed by atoms with Crippen LogP contribution in [0.25, 0.3) is 22.3 Å². The van der Waals surface area contributed by atoms with Crippen molar-refractivity contribution >= 4 is 0 Å². The maximum Gasteiger partial charge on any atom is 0.573 e. The molecule has 0 spiro atoms. The van der Waals surface area contributed by atoms with Crippen LogP contribution < -0.4 is 9.47 Å². The van der Waals surface area contributed by atoms with Gasteiger partial charge < -0.3 is 9.47 Å². The van der Waals surface area contributed by atoms with Crippen molar-refractivity contribution in [2.45, 2.75) is 76.7 Å². The zero-order chi connectivity index (χ0) is 33.8. The van der Waals surface area contributed by atoms with Gasteiger partial charge in [-0.1, -0.05) is 69.0 Å². The molecule has 4 aromatic rings. The molecule has 5 rings (SSSR count). The molecule has 2 nitrogen and oxygen atoms in total. The Balaban J connectivity index is 1.23. The first-order valence-electron chi connectivity index (χ1n) is 15.7. The van der Waals surface area contributed by atoms with E-state index < -0.39 is 41.2 Å². The molecular weight excluding hydrogens is 628 g/mol. The third-order valence-electron chi connectivity index (χ3n) is 8.71. The van der Waals surface area contributed by atoms with Crippen molar-refractivity contribution in [2.24, 2.45) is 5.92 Å². The standard InChI is InChI=1S/C37H34F8O2/c1-2-3-4-5-23-6-8-24(9-7-23)27-13-18-31(33(39)21-27)36(41,42)46-29-15-10-25(11-16-29)26-12-17-30(32(38)20-26)28-14-19-35(34(40)22-28)47-37(43,44)45/h10-24H,2-9H2,1H3. The van der Waals surface area contributed by atoms with Crippen molar-refractivity contribution in [2.75, 3.05) is 0 Å². The van der Waals surface area contributed by atoms with Crippen molar-refractivity contribution < 1.29 is 44.6 Å². The van der Waals surface area contributed by atoms with E-state index in [2.05, 4.69) is 11.7 Å². The van der Waals surface area contributed by atoms with E-state index in [1.54, 1.807) is 6.07 Å². The summed E-state index contributed by atoms with van der Waals surface area (Å²) in [5, 5.41) is 0. The number of benzene rings is 4. The van der Waals surface area contributed by atoms with E-state index >= 15 is 13.2 Å². The molecule has 0 amide bonds. The third-order valence-corrected chi connectivity index (χ3v) is 8.71. The molecule has 1 aliphatic rings. The number of alkyl halides is 5. The van der Waals surface area contributed by atoms with Crippen molar-refractivity contribution in [3.63, 3.8) is 0 Å². The molecule has 1 fully saturated rings. The summed E-state index contributed by atoms with van der Waals surface area (Å²) in [4.78, 5) is 0. The number of halogens is 8. The maximum absolute atomic E-state index is 15.1. The van der Waals surface area contributed by atoms with Crippen LogP contribution in [-0.2, 0) is 6.11 Å². The Labute approximate surface area is 268 Å². The summed E-state index contributed by atoms with van der Waals surface area (Å²) >= 11 is 0. The number of hydrogen-bond donors (Lipinski definition) is 0. The zero-order valence-electron chi connectivity index (χ0n) is 25.7. The molecule has 1 saturated carbocycles. The van der Waals surface area contributed by atoms with Crippen LogP contribution in [0.5, 0.6) is 11.5 Å². The van der Waals surface area contributed by atoms with E-state index in [0.717, 1.165) is 56.0 Å². The molecule has 0 bridgehead atoms. The minimum absolute atomic E-state index is 0.0162. The normalized spacial score (nSPS) is 17.0. The summed E-state index contributed by atoms with van der Waals surface area (Å²) in [5.74, 6) is -3.62. The van der Waals surface area contributed by atoms with Crippen LogP contribution in [-0.4, -0.2) is 6.36 Å². The van der Waals surface area contributed by atoms with Gasteiger partial charge in [0.2, 0.25) is 0 Å². The molecule has 0 unspecified atom stereocenters. The van der Waals surface area contributed by atoms with Crippen molar-refractivity contribution in [1.82, 2.24) is 0 Å². The minimum atomic E-state index is -5.08. The predicted octanol–water partition coefficient (Wildman–Crippen LogP) is 12.3. The van der Waals surface area contributed by atoms with Gasteiger partial charge >= 0.3 is 12.5 Å². The third kappa shape index (κ3) is 8.64. The van der Waals surface area contributed by atoms with Gasteiger partial charge in [0.1, 0.15) is 17.4 Å². The first-order chi connectivity index (χ1) is 22.3. The average molecular weight is 663 g/mol. The Kier molecular flexibility index (Phi) is 10.5. The van der Waals surface area contributed by atoms with Gasteiger partial charge in [-0.05, 0) is 102 Å². The van der Waals surface area contributed by atoms with Gasteiger partial charge in [0.15, 0.2) is 11.6 Å². The summed E-state index contributed by atoms with van der Waals surface area (Å²) in [6, 6.07) is 15.6. The van der Waals surface area contributed by atoms with Gasteiger partial charge in [-0.15, -0.1) is 13.2 Å². The van der Waals surface area contributed by atoms with E-state index in [9.17, 15) is 22.0 Å². The van der Waals surface area contributed by atoms with E-state index in [4.69, 9.17) is 4.74 Å². The number of rotatable bonds is 11. The molecule has 0 saturated heterocycles. The van der Waals surface area contributed by atoms with Crippen LogP contribution in [0.15, 0.2) is 78.9 Å². The van der Waals surface area contributed by atoms with Crippen molar-refractivity contribution in [1.29, 1.82) is 0 Å². The zero-order valence-corrected chi connectivity index (χ0v) is 25.7. The van der Waals surface area contributed by atoms with Crippen LogP contribution in [0.1, 0.15) is 75.3 Å². The highest BCUT2D eigenvalue weighted by molar-refractivity contribution is 5.71. The van der Waals surface area contributed by atoms with Crippen LogP contribution in [0, 0.1) is 23.4 Å². The first-order valence-corrected chi connectivity index (χ1v) is 15.7. The van der Waals surface area contributed by atoms with E-state index in [-0.39, 0.29) is 22.8 Å². The van der Waals surface area contributed by atoms with Crippen LogP contribution in [0.2, 0.25) is 0 Å². The van der Waals surface area contributed by atoms with Crippen molar-refractivity contribution in [3.05, 3.63) is 107 Å².